The van der Waals surface area contributed by atoms with Gasteiger partial charge in [0.05, 0.1) is 24.8 Å². The second-order valence-electron chi connectivity index (χ2n) is 9.72. The lowest BCUT2D eigenvalue weighted by atomic mass is 9.88. The van der Waals surface area contributed by atoms with Crippen molar-refractivity contribution in [3.8, 4) is 23.0 Å². The summed E-state index contributed by atoms with van der Waals surface area (Å²) in [5.41, 5.74) is 2.16. The molecule has 10 heteroatoms. The van der Waals surface area contributed by atoms with Crippen LogP contribution in [-0.4, -0.2) is 51.7 Å². The summed E-state index contributed by atoms with van der Waals surface area (Å²) in [4.78, 5) is 0.0579. The van der Waals surface area contributed by atoms with Crippen LogP contribution in [0.3, 0.4) is 0 Å². The molecule has 0 radical (unpaired) electrons. The van der Waals surface area contributed by atoms with Crippen molar-refractivity contribution in [2.24, 2.45) is 0 Å². The molecule has 0 aliphatic heterocycles. The molecular weight excluding hydrogens is 556 g/mol. The molecule has 0 aliphatic rings. The van der Waals surface area contributed by atoms with Crippen LogP contribution in [-0.2, 0) is 10.0 Å². The first-order valence-electron chi connectivity index (χ1n) is 13.5. The van der Waals surface area contributed by atoms with Crippen molar-refractivity contribution in [1.82, 2.24) is 5.32 Å². The molecule has 0 aromatic heterocycles. The maximum Gasteiger partial charge on any atom is 0.262 e. The number of hydrogen-bond acceptors (Lipinski definition) is 8. The van der Waals surface area contributed by atoms with E-state index in [1.807, 2.05) is 48.5 Å². The maximum absolute atomic E-state index is 12.8. The van der Waals surface area contributed by atoms with E-state index in [-0.39, 0.29) is 28.0 Å². The number of phenols is 1. The molecule has 0 aliphatic carbocycles. The van der Waals surface area contributed by atoms with Gasteiger partial charge >= 0.3 is 0 Å². The van der Waals surface area contributed by atoms with Crippen LogP contribution in [0.4, 0.5) is 5.69 Å². The fraction of sp³-hybridized carbons (Fsp3) is 0.250. The topological polar surface area (TPSA) is 126 Å². The Morgan fingerprint density at radius 3 is 1.86 bits per heavy atom. The van der Waals surface area contributed by atoms with E-state index in [9.17, 15) is 18.6 Å². The Bertz CT molecular complexity index is 1480. The molecule has 0 amide bonds. The Balaban J connectivity index is 1.47. The van der Waals surface area contributed by atoms with Crippen molar-refractivity contribution in [2.75, 3.05) is 25.5 Å². The third-order valence-corrected chi connectivity index (χ3v) is 8.16. The number of ether oxygens (including phenoxy) is 3. The van der Waals surface area contributed by atoms with Gasteiger partial charge in [0.2, 0.25) is 0 Å². The van der Waals surface area contributed by atoms with E-state index < -0.39 is 22.4 Å². The quantitative estimate of drug-likeness (QED) is 0.118. The van der Waals surface area contributed by atoms with Gasteiger partial charge in [0.15, 0.2) is 6.23 Å². The van der Waals surface area contributed by atoms with Gasteiger partial charge in [-0.3, -0.25) is 10.0 Å². The standard InChI is InChI=1S/C32H36N2O7S/c1-22(35)32(41-27-17-18-31(36)30(21-27)34-42(37,38)28-7-5-4-6-8-28)33-20-19-29(23-9-13-25(39-2)14-10-23)24-11-15-26(40-3)16-12-24/h4-18,21-22,29,32-36H,19-20H2,1-3H3. The molecule has 4 rings (SSSR count). The minimum atomic E-state index is -3.93. The van der Waals surface area contributed by atoms with Crippen molar-refractivity contribution in [2.45, 2.75) is 36.5 Å². The summed E-state index contributed by atoms with van der Waals surface area (Å²) in [5, 5.41) is 24.0. The van der Waals surface area contributed by atoms with Crippen LogP contribution < -0.4 is 24.2 Å². The Morgan fingerprint density at radius 2 is 1.33 bits per heavy atom. The maximum atomic E-state index is 12.8. The minimum absolute atomic E-state index is 0.0385. The Kier molecular flexibility index (Phi) is 10.3. The molecule has 0 saturated heterocycles. The summed E-state index contributed by atoms with van der Waals surface area (Å²) < 4.78 is 44.6. The normalized spacial score (nSPS) is 12.9. The van der Waals surface area contributed by atoms with Gasteiger partial charge in [-0.2, -0.15) is 0 Å². The molecule has 9 nitrogen and oxygen atoms in total. The molecule has 2 atom stereocenters. The highest BCUT2D eigenvalue weighted by molar-refractivity contribution is 7.92. The van der Waals surface area contributed by atoms with Crippen LogP contribution in [0.15, 0.2) is 102 Å². The molecular formula is C32H36N2O7S. The van der Waals surface area contributed by atoms with Crippen molar-refractivity contribution in [1.29, 1.82) is 0 Å². The number of sulfonamides is 1. The molecule has 222 valence electrons. The Hall–Kier alpha value is -4.25. The lowest BCUT2D eigenvalue weighted by Gasteiger charge is -2.25. The first kappa shape index (κ1) is 30.7. The number of rotatable bonds is 14. The van der Waals surface area contributed by atoms with Gasteiger partial charge in [0.1, 0.15) is 29.1 Å². The summed E-state index contributed by atoms with van der Waals surface area (Å²) in [7, 11) is -0.668. The smallest absolute Gasteiger partial charge is 0.262 e. The Morgan fingerprint density at radius 1 is 0.786 bits per heavy atom. The fourth-order valence-corrected chi connectivity index (χ4v) is 5.59. The summed E-state index contributed by atoms with van der Waals surface area (Å²) in [6, 6.07) is 27.9. The molecule has 4 N–H and O–H groups in total. The van der Waals surface area contributed by atoms with Crippen LogP contribution in [0.25, 0.3) is 0 Å². The summed E-state index contributed by atoms with van der Waals surface area (Å²) in [5.74, 6) is 1.58. The number of phenolic OH excluding ortho intramolecular Hbond substituents is 1. The van der Waals surface area contributed by atoms with E-state index in [0.717, 1.165) is 22.6 Å². The molecule has 4 aromatic carbocycles. The predicted molar refractivity (Wildman–Crippen MR) is 162 cm³/mol. The molecule has 0 bridgehead atoms. The second kappa shape index (κ2) is 14.1. The van der Waals surface area contributed by atoms with E-state index in [1.54, 1.807) is 39.3 Å². The SMILES string of the molecule is COc1ccc(C(CCNC(Oc2ccc(O)c(NS(=O)(=O)c3ccccc3)c2)C(C)O)c2ccc(OC)cc2)cc1. The molecule has 2 unspecified atom stereocenters. The average molecular weight is 593 g/mol. The van der Waals surface area contributed by atoms with Crippen molar-refractivity contribution in [3.63, 3.8) is 0 Å². The number of benzene rings is 4. The van der Waals surface area contributed by atoms with Gasteiger partial charge in [0.25, 0.3) is 10.0 Å². The predicted octanol–water partition coefficient (Wildman–Crippen LogP) is 5.11. The largest absolute Gasteiger partial charge is 0.506 e. The number of methoxy groups -OCH3 is 2. The van der Waals surface area contributed by atoms with Crippen molar-refractivity contribution >= 4 is 15.7 Å². The molecule has 0 spiro atoms. The molecule has 0 heterocycles. The first-order chi connectivity index (χ1) is 20.2. The zero-order valence-electron chi connectivity index (χ0n) is 23.7. The number of nitrogens with one attached hydrogen (secondary N) is 2. The van der Waals surface area contributed by atoms with Gasteiger partial charge in [-0.1, -0.05) is 42.5 Å². The highest BCUT2D eigenvalue weighted by atomic mass is 32.2. The Labute approximate surface area is 246 Å². The van der Waals surface area contributed by atoms with Gasteiger partial charge in [-0.05, 0) is 79.5 Å². The van der Waals surface area contributed by atoms with Crippen LogP contribution in [0.2, 0.25) is 0 Å². The van der Waals surface area contributed by atoms with Gasteiger partial charge < -0.3 is 24.4 Å². The summed E-state index contributed by atoms with van der Waals surface area (Å²) in [6.07, 6.45) is -1.02. The van der Waals surface area contributed by atoms with Crippen LogP contribution in [0.5, 0.6) is 23.0 Å². The van der Waals surface area contributed by atoms with Crippen LogP contribution in [0, 0.1) is 0 Å². The minimum Gasteiger partial charge on any atom is -0.506 e. The van der Waals surface area contributed by atoms with E-state index in [0.29, 0.717) is 13.0 Å². The van der Waals surface area contributed by atoms with Crippen molar-refractivity contribution in [3.05, 3.63) is 108 Å². The van der Waals surface area contributed by atoms with Crippen molar-refractivity contribution < 1.29 is 32.8 Å². The molecule has 0 saturated carbocycles. The lowest BCUT2D eigenvalue weighted by Crippen LogP contribution is -2.43. The number of anilines is 1. The molecule has 4 aromatic rings. The van der Waals surface area contributed by atoms with E-state index in [4.69, 9.17) is 14.2 Å². The third-order valence-electron chi connectivity index (χ3n) is 6.78. The molecule has 42 heavy (non-hydrogen) atoms. The number of aromatic hydroxyl groups is 1. The number of hydrogen-bond donors (Lipinski definition) is 4. The van der Waals surface area contributed by atoms with Crippen LogP contribution >= 0.6 is 0 Å². The zero-order valence-corrected chi connectivity index (χ0v) is 24.5. The zero-order chi connectivity index (χ0) is 30.1. The van der Waals surface area contributed by atoms with Crippen LogP contribution in [0.1, 0.15) is 30.4 Å². The number of aliphatic hydroxyl groups is 1. The summed E-state index contributed by atoms with van der Waals surface area (Å²) in [6.45, 7) is 2.09. The van der Waals surface area contributed by atoms with E-state index >= 15 is 0 Å². The second-order valence-corrected chi connectivity index (χ2v) is 11.4. The fourth-order valence-electron chi connectivity index (χ4n) is 4.50. The van der Waals surface area contributed by atoms with Gasteiger partial charge in [-0.15, -0.1) is 0 Å². The monoisotopic (exact) mass is 592 g/mol. The third kappa shape index (κ3) is 7.94. The van der Waals surface area contributed by atoms with E-state index in [1.165, 1.54) is 30.3 Å². The highest BCUT2D eigenvalue weighted by Gasteiger charge is 2.21. The highest BCUT2D eigenvalue weighted by Crippen LogP contribution is 2.32. The average Bonchev–Trinajstić information content (AvgIpc) is 3.00. The summed E-state index contributed by atoms with van der Waals surface area (Å²) >= 11 is 0. The van der Waals surface area contributed by atoms with E-state index in [2.05, 4.69) is 10.0 Å². The molecule has 0 fully saturated rings. The number of aliphatic hydroxyl groups excluding tert-OH is 1. The first-order valence-corrected chi connectivity index (χ1v) is 15.0. The van der Waals surface area contributed by atoms with Gasteiger partial charge in [0, 0.05) is 12.0 Å². The lowest BCUT2D eigenvalue weighted by molar-refractivity contribution is 0.0269. The van der Waals surface area contributed by atoms with Gasteiger partial charge in [-0.25, -0.2) is 8.42 Å².